The van der Waals surface area contributed by atoms with Gasteiger partial charge in [0, 0.05) is 18.4 Å². The third-order valence-corrected chi connectivity index (χ3v) is 3.56. The summed E-state index contributed by atoms with van der Waals surface area (Å²) < 4.78 is 28.9. The van der Waals surface area contributed by atoms with Gasteiger partial charge in [0.1, 0.15) is 5.76 Å². The van der Waals surface area contributed by atoms with Crippen LogP contribution in [0, 0.1) is 18.7 Å². The molecule has 7 nitrogen and oxygen atoms in total. The second-order valence-corrected chi connectivity index (χ2v) is 5.24. The van der Waals surface area contributed by atoms with Gasteiger partial charge in [-0.05, 0) is 6.92 Å². The summed E-state index contributed by atoms with van der Waals surface area (Å²) in [6.07, 6.45) is 1.79. The number of ether oxygens (including phenoxy) is 2. The molecule has 2 aromatic rings. The molecule has 3 rings (SSSR count). The lowest BCUT2D eigenvalue weighted by Gasteiger charge is -2.18. The first kappa shape index (κ1) is 14.7. The smallest absolute Gasteiger partial charge is 0.255 e. The molecule has 1 fully saturated rings. The summed E-state index contributed by atoms with van der Waals surface area (Å²) in [7, 11) is 1.36. The molecule has 1 saturated heterocycles. The fourth-order valence-electron chi connectivity index (χ4n) is 2.46. The molecular weight excluding hydrogens is 291 g/mol. The quantitative estimate of drug-likeness (QED) is 0.898. The average Bonchev–Trinajstić information content (AvgIpc) is 3.11. The molecular formula is C14H17FN4O3. The number of rotatable bonds is 5. The summed E-state index contributed by atoms with van der Waals surface area (Å²) in [5.41, 5.74) is 0.852. The van der Waals surface area contributed by atoms with E-state index in [1.165, 1.54) is 7.11 Å². The lowest BCUT2D eigenvalue weighted by atomic mass is 9.98. The number of halogens is 1. The number of anilines is 1. The second-order valence-electron chi connectivity index (χ2n) is 5.24. The van der Waals surface area contributed by atoms with Gasteiger partial charge in [-0.1, -0.05) is 5.16 Å². The summed E-state index contributed by atoms with van der Waals surface area (Å²) in [6, 6.07) is 1.92. The number of hydrogen-bond donors (Lipinski definition) is 1. The zero-order valence-corrected chi connectivity index (χ0v) is 12.4. The maximum Gasteiger partial charge on any atom is 0.255 e. The monoisotopic (exact) mass is 308 g/mol. The second kappa shape index (κ2) is 6.27. The van der Waals surface area contributed by atoms with Crippen molar-refractivity contribution in [1.82, 2.24) is 15.1 Å². The molecule has 1 aliphatic heterocycles. The van der Waals surface area contributed by atoms with Crippen LogP contribution in [0.25, 0.3) is 0 Å². The molecule has 0 aliphatic carbocycles. The molecule has 3 heterocycles. The highest BCUT2D eigenvalue weighted by molar-refractivity contribution is 5.30. The summed E-state index contributed by atoms with van der Waals surface area (Å²) in [5, 5.41) is 7.04. The Kier molecular flexibility index (Phi) is 4.19. The van der Waals surface area contributed by atoms with Crippen molar-refractivity contribution in [3.05, 3.63) is 29.5 Å². The van der Waals surface area contributed by atoms with Crippen LogP contribution in [-0.2, 0) is 11.2 Å². The van der Waals surface area contributed by atoms with E-state index in [-0.39, 0.29) is 17.8 Å². The van der Waals surface area contributed by atoms with Crippen molar-refractivity contribution in [3.63, 3.8) is 0 Å². The molecule has 2 aromatic heterocycles. The Labute approximate surface area is 126 Å². The Hall–Kier alpha value is -2.22. The van der Waals surface area contributed by atoms with Crippen molar-refractivity contribution >= 4 is 5.95 Å². The third kappa shape index (κ3) is 3.16. The molecule has 0 saturated carbocycles. The number of nitrogens with one attached hydrogen (secondary N) is 1. The van der Waals surface area contributed by atoms with Crippen LogP contribution in [0.2, 0.25) is 0 Å². The van der Waals surface area contributed by atoms with Gasteiger partial charge in [-0.3, -0.25) is 0 Å². The van der Waals surface area contributed by atoms with E-state index >= 15 is 0 Å². The largest absolute Gasteiger partial charge is 0.479 e. The number of hydrogen-bond acceptors (Lipinski definition) is 7. The van der Waals surface area contributed by atoms with E-state index < -0.39 is 5.82 Å². The van der Waals surface area contributed by atoms with E-state index in [4.69, 9.17) is 14.0 Å². The van der Waals surface area contributed by atoms with Crippen LogP contribution in [0.3, 0.4) is 0 Å². The van der Waals surface area contributed by atoms with Gasteiger partial charge in [-0.2, -0.15) is 9.37 Å². The lowest BCUT2D eigenvalue weighted by Crippen LogP contribution is -2.30. The first-order valence-electron chi connectivity index (χ1n) is 6.98. The molecule has 0 amide bonds. The van der Waals surface area contributed by atoms with Crippen LogP contribution in [-0.4, -0.2) is 41.5 Å². The zero-order valence-electron chi connectivity index (χ0n) is 12.4. The third-order valence-electron chi connectivity index (χ3n) is 3.56. The highest BCUT2D eigenvalue weighted by atomic mass is 19.1. The molecule has 2 unspecified atom stereocenters. The number of methoxy groups -OCH3 is 1. The van der Waals surface area contributed by atoms with Crippen LogP contribution in [0.15, 0.2) is 16.8 Å². The van der Waals surface area contributed by atoms with Gasteiger partial charge in [0.05, 0.1) is 38.3 Å². The van der Waals surface area contributed by atoms with E-state index in [1.807, 2.05) is 13.0 Å². The minimum absolute atomic E-state index is 0.0144. The first-order valence-corrected chi connectivity index (χ1v) is 6.98. The minimum atomic E-state index is -0.593. The van der Waals surface area contributed by atoms with Gasteiger partial charge < -0.3 is 19.3 Å². The Bertz CT molecular complexity index is 649. The van der Waals surface area contributed by atoms with Gasteiger partial charge in [-0.25, -0.2) is 4.98 Å². The topological polar surface area (TPSA) is 82.3 Å². The molecule has 1 aliphatic rings. The van der Waals surface area contributed by atoms with Crippen molar-refractivity contribution in [1.29, 1.82) is 0 Å². The van der Waals surface area contributed by atoms with Gasteiger partial charge in [0.15, 0.2) is 0 Å². The molecule has 1 N–H and O–H groups in total. The lowest BCUT2D eigenvalue weighted by molar-refractivity contribution is 0.183. The molecule has 8 heteroatoms. The Morgan fingerprint density at radius 1 is 1.45 bits per heavy atom. The van der Waals surface area contributed by atoms with Crippen molar-refractivity contribution in [2.75, 3.05) is 25.6 Å². The summed E-state index contributed by atoms with van der Waals surface area (Å²) in [6.45, 7) is 3.02. The SMILES string of the molecule is COc1nc(NC2COCC2Cc2cc(C)no2)ncc1F. The normalized spacial score (nSPS) is 21.0. The summed E-state index contributed by atoms with van der Waals surface area (Å²) in [5.74, 6) is 0.653. The van der Waals surface area contributed by atoms with E-state index in [2.05, 4.69) is 20.4 Å². The van der Waals surface area contributed by atoms with Gasteiger partial charge >= 0.3 is 0 Å². The molecule has 0 radical (unpaired) electrons. The Balaban J connectivity index is 1.68. The predicted molar refractivity (Wildman–Crippen MR) is 75.2 cm³/mol. The Morgan fingerprint density at radius 3 is 3.05 bits per heavy atom. The molecule has 118 valence electrons. The van der Waals surface area contributed by atoms with E-state index in [9.17, 15) is 4.39 Å². The number of aromatic nitrogens is 3. The van der Waals surface area contributed by atoms with Crippen LogP contribution in [0.4, 0.5) is 10.3 Å². The average molecular weight is 308 g/mol. The standard InChI is InChI=1S/C14H17FN4O3/c1-8-3-10(22-19-8)4-9-6-21-7-12(9)17-14-16-5-11(15)13(18-14)20-2/h3,5,9,12H,4,6-7H2,1-2H3,(H,16,17,18). The number of aryl methyl sites for hydroxylation is 1. The van der Waals surface area contributed by atoms with Crippen molar-refractivity contribution < 1.29 is 18.4 Å². The number of nitrogens with zero attached hydrogens (tertiary/aromatic N) is 3. The van der Waals surface area contributed by atoms with Crippen LogP contribution < -0.4 is 10.1 Å². The van der Waals surface area contributed by atoms with Crippen molar-refractivity contribution in [2.45, 2.75) is 19.4 Å². The van der Waals surface area contributed by atoms with E-state index in [0.29, 0.717) is 25.6 Å². The van der Waals surface area contributed by atoms with Gasteiger partial charge in [0.2, 0.25) is 11.8 Å². The molecule has 22 heavy (non-hydrogen) atoms. The first-order chi connectivity index (χ1) is 10.7. The van der Waals surface area contributed by atoms with Crippen molar-refractivity contribution in [2.24, 2.45) is 5.92 Å². The van der Waals surface area contributed by atoms with E-state index in [1.54, 1.807) is 0 Å². The van der Waals surface area contributed by atoms with Crippen LogP contribution in [0.1, 0.15) is 11.5 Å². The van der Waals surface area contributed by atoms with Gasteiger partial charge in [-0.15, -0.1) is 0 Å². The summed E-state index contributed by atoms with van der Waals surface area (Å²) in [4.78, 5) is 7.92. The zero-order chi connectivity index (χ0) is 15.5. The van der Waals surface area contributed by atoms with Crippen LogP contribution in [0.5, 0.6) is 5.88 Å². The van der Waals surface area contributed by atoms with Gasteiger partial charge in [0.25, 0.3) is 5.88 Å². The highest BCUT2D eigenvalue weighted by Crippen LogP contribution is 2.23. The summed E-state index contributed by atoms with van der Waals surface area (Å²) >= 11 is 0. The van der Waals surface area contributed by atoms with Crippen molar-refractivity contribution in [3.8, 4) is 5.88 Å². The Morgan fingerprint density at radius 2 is 2.32 bits per heavy atom. The maximum atomic E-state index is 13.3. The molecule has 2 atom stereocenters. The maximum absolute atomic E-state index is 13.3. The minimum Gasteiger partial charge on any atom is -0.479 e. The molecule has 0 bridgehead atoms. The highest BCUT2D eigenvalue weighted by Gasteiger charge is 2.30. The van der Waals surface area contributed by atoms with Crippen LogP contribution >= 0.6 is 0 Å². The predicted octanol–water partition coefficient (Wildman–Crippen LogP) is 1.59. The fraction of sp³-hybridized carbons (Fsp3) is 0.500. The molecule has 0 spiro atoms. The fourth-order valence-corrected chi connectivity index (χ4v) is 2.46. The van der Waals surface area contributed by atoms with E-state index in [0.717, 1.165) is 17.7 Å². The molecule has 0 aromatic carbocycles.